The largest absolute Gasteiger partial charge is 0.493 e. The second-order valence-corrected chi connectivity index (χ2v) is 6.96. The zero-order valence-corrected chi connectivity index (χ0v) is 15.0. The van der Waals surface area contributed by atoms with E-state index in [0.717, 1.165) is 6.26 Å². The SMILES string of the molecule is CCOc1cc(C(=O)Nc2cccc(NS(C)(=O)=O)c2)ccc1OC. The molecule has 2 aromatic carbocycles. The van der Waals surface area contributed by atoms with Gasteiger partial charge in [-0.25, -0.2) is 8.42 Å². The van der Waals surface area contributed by atoms with Crippen molar-refractivity contribution in [2.75, 3.05) is 30.0 Å². The first-order valence-electron chi connectivity index (χ1n) is 7.52. The maximum absolute atomic E-state index is 12.4. The van der Waals surface area contributed by atoms with E-state index in [1.54, 1.807) is 36.4 Å². The van der Waals surface area contributed by atoms with Gasteiger partial charge in [-0.15, -0.1) is 0 Å². The van der Waals surface area contributed by atoms with Gasteiger partial charge in [0.05, 0.1) is 25.7 Å². The van der Waals surface area contributed by atoms with E-state index in [9.17, 15) is 13.2 Å². The summed E-state index contributed by atoms with van der Waals surface area (Å²) in [6.07, 6.45) is 1.06. The van der Waals surface area contributed by atoms with Gasteiger partial charge in [-0.05, 0) is 43.3 Å². The van der Waals surface area contributed by atoms with Gasteiger partial charge in [0, 0.05) is 11.3 Å². The summed E-state index contributed by atoms with van der Waals surface area (Å²) < 4.78 is 35.6. The van der Waals surface area contributed by atoms with E-state index in [4.69, 9.17) is 9.47 Å². The van der Waals surface area contributed by atoms with Crippen molar-refractivity contribution in [3.05, 3.63) is 48.0 Å². The van der Waals surface area contributed by atoms with Gasteiger partial charge in [0.15, 0.2) is 11.5 Å². The molecule has 25 heavy (non-hydrogen) atoms. The molecule has 0 heterocycles. The fourth-order valence-corrected chi connectivity index (χ4v) is 2.72. The monoisotopic (exact) mass is 364 g/mol. The van der Waals surface area contributed by atoms with E-state index < -0.39 is 10.0 Å². The predicted octanol–water partition coefficient (Wildman–Crippen LogP) is 2.72. The van der Waals surface area contributed by atoms with Crippen LogP contribution in [0, 0.1) is 0 Å². The first kappa shape index (κ1) is 18.6. The predicted molar refractivity (Wildman–Crippen MR) is 97.0 cm³/mol. The maximum Gasteiger partial charge on any atom is 0.255 e. The molecule has 0 radical (unpaired) electrons. The van der Waals surface area contributed by atoms with Crippen LogP contribution >= 0.6 is 0 Å². The van der Waals surface area contributed by atoms with Crippen LogP contribution in [-0.2, 0) is 10.0 Å². The van der Waals surface area contributed by atoms with E-state index in [1.807, 2.05) is 6.92 Å². The van der Waals surface area contributed by atoms with Crippen LogP contribution in [0.15, 0.2) is 42.5 Å². The molecule has 2 aromatic rings. The van der Waals surface area contributed by atoms with E-state index in [1.165, 1.54) is 13.2 Å². The first-order valence-corrected chi connectivity index (χ1v) is 9.41. The molecule has 0 spiro atoms. The molecule has 0 aromatic heterocycles. The van der Waals surface area contributed by atoms with Gasteiger partial charge in [0.2, 0.25) is 10.0 Å². The van der Waals surface area contributed by atoms with Crippen LogP contribution < -0.4 is 19.5 Å². The summed E-state index contributed by atoms with van der Waals surface area (Å²) in [5, 5.41) is 2.72. The highest BCUT2D eigenvalue weighted by atomic mass is 32.2. The van der Waals surface area contributed by atoms with Crippen molar-refractivity contribution < 1.29 is 22.7 Å². The van der Waals surface area contributed by atoms with Gasteiger partial charge in [-0.2, -0.15) is 0 Å². The molecule has 0 atom stereocenters. The number of amides is 1. The Morgan fingerprint density at radius 3 is 2.44 bits per heavy atom. The number of ether oxygens (including phenoxy) is 2. The number of sulfonamides is 1. The molecule has 0 aliphatic heterocycles. The van der Waals surface area contributed by atoms with Crippen LogP contribution in [0.2, 0.25) is 0 Å². The van der Waals surface area contributed by atoms with Gasteiger partial charge in [0.1, 0.15) is 0 Å². The van der Waals surface area contributed by atoms with Gasteiger partial charge < -0.3 is 14.8 Å². The third-order valence-corrected chi connectivity index (χ3v) is 3.76. The van der Waals surface area contributed by atoms with Crippen molar-refractivity contribution in [2.24, 2.45) is 0 Å². The van der Waals surface area contributed by atoms with Gasteiger partial charge in [0.25, 0.3) is 5.91 Å². The molecule has 0 aliphatic carbocycles. The summed E-state index contributed by atoms with van der Waals surface area (Å²) in [6.45, 7) is 2.28. The van der Waals surface area contributed by atoms with E-state index in [-0.39, 0.29) is 5.91 Å². The van der Waals surface area contributed by atoms with Crippen molar-refractivity contribution >= 4 is 27.3 Å². The molecule has 8 heteroatoms. The number of anilines is 2. The minimum absolute atomic E-state index is 0.347. The van der Waals surface area contributed by atoms with E-state index in [0.29, 0.717) is 35.0 Å². The summed E-state index contributed by atoms with van der Waals surface area (Å²) in [5.74, 6) is 0.669. The van der Waals surface area contributed by atoms with Crippen LogP contribution in [0.5, 0.6) is 11.5 Å². The molecule has 0 saturated heterocycles. The number of carbonyl (C=O) groups is 1. The molecule has 2 rings (SSSR count). The van der Waals surface area contributed by atoms with Crippen LogP contribution in [0.3, 0.4) is 0 Å². The minimum atomic E-state index is -3.39. The molecule has 0 unspecified atom stereocenters. The number of carbonyl (C=O) groups excluding carboxylic acids is 1. The average molecular weight is 364 g/mol. The fraction of sp³-hybridized carbons (Fsp3) is 0.235. The third-order valence-electron chi connectivity index (χ3n) is 3.15. The summed E-state index contributed by atoms with van der Waals surface area (Å²) in [5.41, 5.74) is 1.23. The molecular formula is C17H20N2O5S. The highest BCUT2D eigenvalue weighted by Gasteiger charge is 2.12. The number of hydrogen-bond donors (Lipinski definition) is 2. The quantitative estimate of drug-likeness (QED) is 0.788. The molecule has 0 fully saturated rings. The molecule has 134 valence electrons. The Bertz CT molecular complexity index is 865. The summed E-state index contributed by atoms with van der Waals surface area (Å²) in [4.78, 5) is 12.4. The topological polar surface area (TPSA) is 93.7 Å². The summed E-state index contributed by atoms with van der Waals surface area (Å²) in [7, 11) is -1.86. The van der Waals surface area contributed by atoms with E-state index in [2.05, 4.69) is 10.0 Å². The zero-order chi connectivity index (χ0) is 18.4. The molecule has 0 bridgehead atoms. The van der Waals surface area contributed by atoms with Crippen molar-refractivity contribution in [2.45, 2.75) is 6.92 Å². The van der Waals surface area contributed by atoms with Crippen LogP contribution in [0.4, 0.5) is 11.4 Å². The zero-order valence-electron chi connectivity index (χ0n) is 14.2. The number of benzene rings is 2. The lowest BCUT2D eigenvalue weighted by molar-refractivity contribution is 0.102. The van der Waals surface area contributed by atoms with Crippen molar-refractivity contribution in [3.63, 3.8) is 0 Å². The van der Waals surface area contributed by atoms with Crippen molar-refractivity contribution in [1.82, 2.24) is 0 Å². The van der Waals surface area contributed by atoms with Crippen LogP contribution in [0.1, 0.15) is 17.3 Å². The Morgan fingerprint density at radius 2 is 1.80 bits per heavy atom. The van der Waals surface area contributed by atoms with Crippen molar-refractivity contribution in [1.29, 1.82) is 0 Å². The Balaban J connectivity index is 2.19. The Kier molecular flexibility index (Phi) is 5.87. The Hall–Kier alpha value is -2.74. The summed E-state index contributed by atoms with van der Waals surface area (Å²) >= 11 is 0. The van der Waals surface area contributed by atoms with Gasteiger partial charge in [-0.1, -0.05) is 6.07 Å². The van der Waals surface area contributed by atoms with Crippen molar-refractivity contribution in [3.8, 4) is 11.5 Å². The normalized spacial score (nSPS) is 10.8. The molecule has 1 amide bonds. The molecular weight excluding hydrogens is 344 g/mol. The molecule has 0 saturated carbocycles. The second-order valence-electron chi connectivity index (χ2n) is 5.21. The lowest BCUT2D eigenvalue weighted by Gasteiger charge is -2.12. The molecule has 2 N–H and O–H groups in total. The van der Waals surface area contributed by atoms with Crippen LogP contribution in [-0.4, -0.2) is 34.3 Å². The lowest BCUT2D eigenvalue weighted by Crippen LogP contribution is -2.13. The lowest BCUT2D eigenvalue weighted by atomic mass is 10.1. The second kappa shape index (κ2) is 7.89. The molecule has 7 nitrogen and oxygen atoms in total. The minimum Gasteiger partial charge on any atom is -0.493 e. The number of nitrogens with one attached hydrogen (secondary N) is 2. The van der Waals surface area contributed by atoms with Gasteiger partial charge >= 0.3 is 0 Å². The smallest absolute Gasteiger partial charge is 0.255 e. The first-order chi connectivity index (χ1) is 11.8. The standard InChI is InChI=1S/C17H20N2O5S/c1-4-24-16-10-12(8-9-15(16)23-2)17(20)18-13-6-5-7-14(11-13)19-25(3,21)22/h5-11,19H,4H2,1-3H3,(H,18,20). The highest BCUT2D eigenvalue weighted by Crippen LogP contribution is 2.28. The van der Waals surface area contributed by atoms with E-state index >= 15 is 0 Å². The fourth-order valence-electron chi connectivity index (χ4n) is 2.16. The number of methoxy groups -OCH3 is 1. The number of hydrogen-bond acceptors (Lipinski definition) is 5. The van der Waals surface area contributed by atoms with Crippen LogP contribution in [0.25, 0.3) is 0 Å². The summed E-state index contributed by atoms with van der Waals surface area (Å²) in [6, 6.07) is 11.3. The average Bonchev–Trinajstić information content (AvgIpc) is 2.53. The van der Waals surface area contributed by atoms with Gasteiger partial charge in [-0.3, -0.25) is 9.52 Å². The Morgan fingerprint density at radius 1 is 1.08 bits per heavy atom. The Labute approximate surface area is 147 Å². The maximum atomic E-state index is 12.4. The highest BCUT2D eigenvalue weighted by molar-refractivity contribution is 7.92. The number of rotatable bonds is 7. The molecule has 0 aliphatic rings. The third kappa shape index (κ3) is 5.39.